The lowest BCUT2D eigenvalue weighted by Crippen LogP contribution is -2.00. The second kappa shape index (κ2) is 5.76. The number of carbonyl (C=O) groups is 1. The van der Waals surface area contributed by atoms with Crippen molar-refractivity contribution in [2.45, 2.75) is 20.8 Å². The quantitative estimate of drug-likeness (QED) is 0.419. The average molecular weight is 190 g/mol. The lowest BCUT2D eigenvalue weighted by atomic mass is 10.1. The van der Waals surface area contributed by atoms with E-state index in [2.05, 4.69) is 0 Å². The number of ketones is 1. The van der Waals surface area contributed by atoms with Crippen molar-refractivity contribution < 1.29 is 4.79 Å². The summed E-state index contributed by atoms with van der Waals surface area (Å²) >= 11 is 0. The van der Waals surface area contributed by atoms with Gasteiger partial charge in [-0.3, -0.25) is 4.79 Å². The fourth-order valence-electron chi connectivity index (χ4n) is 0.811. The zero-order valence-electron chi connectivity index (χ0n) is 8.66. The van der Waals surface area contributed by atoms with Crippen molar-refractivity contribution in [3.8, 4) is 6.07 Å². The number of carbonyl (C=O) groups excluding carboxylic acids is 1. The van der Waals surface area contributed by atoms with Crippen molar-refractivity contribution in [1.82, 2.24) is 0 Å². The van der Waals surface area contributed by atoms with E-state index in [-0.39, 0.29) is 0 Å². The summed E-state index contributed by atoms with van der Waals surface area (Å²) in [5.41, 5.74) is 7.19. The van der Waals surface area contributed by atoms with Gasteiger partial charge in [-0.1, -0.05) is 11.6 Å². The van der Waals surface area contributed by atoms with Crippen LogP contribution in [-0.2, 0) is 4.79 Å². The van der Waals surface area contributed by atoms with Crippen LogP contribution in [0.4, 0.5) is 0 Å². The highest BCUT2D eigenvalue weighted by molar-refractivity contribution is 6.09. The van der Waals surface area contributed by atoms with Gasteiger partial charge in [0, 0.05) is 11.3 Å². The van der Waals surface area contributed by atoms with E-state index in [1.807, 2.05) is 19.9 Å². The Morgan fingerprint density at radius 2 is 1.93 bits per heavy atom. The molecule has 0 aliphatic heterocycles. The molecule has 0 aromatic carbocycles. The van der Waals surface area contributed by atoms with Crippen molar-refractivity contribution in [2.75, 3.05) is 0 Å². The zero-order chi connectivity index (χ0) is 11.1. The SMILES string of the molecule is C\C=C(C)/C=C(\C=C(\C)N)C(=O)C#N. The minimum Gasteiger partial charge on any atom is -0.402 e. The molecule has 14 heavy (non-hydrogen) atoms. The number of nitriles is 1. The summed E-state index contributed by atoms with van der Waals surface area (Å²) in [5.74, 6) is -0.573. The molecule has 0 radical (unpaired) electrons. The molecule has 0 saturated carbocycles. The summed E-state index contributed by atoms with van der Waals surface area (Å²) in [7, 11) is 0. The van der Waals surface area contributed by atoms with Crippen molar-refractivity contribution in [2.24, 2.45) is 5.73 Å². The van der Waals surface area contributed by atoms with E-state index < -0.39 is 5.78 Å². The van der Waals surface area contributed by atoms with Crippen LogP contribution < -0.4 is 5.73 Å². The van der Waals surface area contributed by atoms with Crippen LogP contribution in [-0.4, -0.2) is 5.78 Å². The Bertz CT molecular complexity index is 350. The van der Waals surface area contributed by atoms with Crippen molar-refractivity contribution in [1.29, 1.82) is 5.26 Å². The summed E-state index contributed by atoms with van der Waals surface area (Å²) in [6, 6.07) is 1.57. The first-order valence-corrected chi connectivity index (χ1v) is 4.24. The van der Waals surface area contributed by atoms with Crippen LogP contribution >= 0.6 is 0 Å². The van der Waals surface area contributed by atoms with Gasteiger partial charge in [-0.2, -0.15) is 5.26 Å². The van der Waals surface area contributed by atoms with Gasteiger partial charge in [-0.25, -0.2) is 0 Å². The van der Waals surface area contributed by atoms with Crippen LogP contribution in [0.3, 0.4) is 0 Å². The number of allylic oxidation sites excluding steroid dienone is 6. The van der Waals surface area contributed by atoms with E-state index in [0.717, 1.165) is 5.57 Å². The summed E-state index contributed by atoms with van der Waals surface area (Å²) < 4.78 is 0. The lowest BCUT2D eigenvalue weighted by molar-refractivity contribution is -0.110. The van der Waals surface area contributed by atoms with Crippen molar-refractivity contribution in [3.63, 3.8) is 0 Å². The molecule has 3 nitrogen and oxygen atoms in total. The van der Waals surface area contributed by atoms with Crippen LogP contribution in [0, 0.1) is 11.3 Å². The molecule has 0 aromatic heterocycles. The van der Waals surface area contributed by atoms with Gasteiger partial charge in [-0.05, 0) is 32.9 Å². The summed E-state index contributed by atoms with van der Waals surface area (Å²) in [6.45, 7) is 5.38. The minimum absolute atomic E-state index is 0.322. The molecule has 0 saturated heterocycles. The van der Waals surface area contributed by atoms with E-state index in [9.17, 15) is 4.79 Å². The molecule has 0 spiro atoms. The highest BCUT2D eigenvalue weighted by Crippen LogP contribution is 2.06. The van der Waals surface area contributed by atoms with Gasteiger partial charge >= 0.3 is 0 Å². The smallest absolute Gasteiger partial charge is 0.262 e. The third kappa shape index (κ3) is 4.27. The summed E-state index contributed by atoms with van der Waals surface area (Å²) in [4.78, 5) is 11.1. The van der Waals surface area contributed by atoms with Crippen molar-refractivity contribution in [3.05, 3.63) is 35.1 Å². The number of nitrogens with zero attached hydrogens (tertiary/aromatic N) is 1. The van der Waals surface area contributed by atoms with Crippen LogP contribution in [0.25, 0.3) is 0 Å². The van der Waals surface area contributed by atoms with Crippen molar-refractivity contribution >= 4 is 5.78 Å². The van der Waals surface area contributed by atoms with E-state index in [1.54, 1.807) is 19.1 Å². The fraction of sp³-hybridized carbons (Fsp3) is 0.273. The maximum atomic E-state index is 11.1. The Morgan fingerprint density at radius 3 is 2.29 bits per heavy atom. The maximum Gasteiger partial charge on any atom is 0.262 e. The minimum atomic E-state index is -0.573. The highest BCUT2D eigenvalue weighted by Gasteiger charge is 2.04. The monoisotopic (exact) mass is 190 g/mol. The Hall–Kier alpha value is -1.82. The van der Waals surface area contributed by atoms with Crippen LogP contribution in [0.2, 0.25) is 0 Å². The molecule has 0 aliphatic rings. The molecule has 0 rings (SSSR count). The standard InChI is InChI=1S/C11H14N2O/c1-4-8(2)5-10(6-9(3)13)11(14)7-12/h4-6H,13H2,1-3H3/b8-4-,9-6-,10-5+. The zero-order valence-corrected chi connectivity index (χ0v) is 8.66. The molecule has 0 aromatic rings. The number of hydrogen-bond acceptors (Lipinski definition) is 3. The predicted octanol–water partition coefficient (Wildman–Crippen LogP) is 1.83. The van der Waals surface area contributed by atoms with Gasteiger partial charge in [0.2, 0.25) is 0 Å². The van der Waals surface area contributed by atoms with E-state index in [4.69, 9.17) is 11.0 Å². The maximum absolute atomic E-state index is 11.1. The third-order valence-electron chi connectivity index (χ3n) is 1.59. The van der Waals surface area contributed by atoms with Gasteiger partial charge < -0.3 is 5.73 Å². The number of rotatable bonds is 3. The highest BCUT2D eigenvalue weighted by atomic mass is 16.1. The Kier molecular flexibility index (Phi) is 5.01. The predicted molar refractivity (Wildman–Crippen MR) is 56.1 cm³/mol. The third-order valence-corrected chi connectivity index (χ3v) is 1.59. The van der Waals surface area contributed by atoms with Gasteiger partial charge in [0.15, 0.2) is 0 Å². The molecule has 0 unspecified atom stereocenters. The van der Waals surface area contributed by atoms with Gasteiger partial charge in [0.25, 0.3) is 5.78 Å². The molecule has 0 amide bonds. The number of Topliss-reactive ketones (excluding diaryl/α,β-unsaturated/α-hetero) is 1. The van der Waals surface area contributed by atoms with Gasteiger partial charge in [0.1, 0.15) is 6.07 Å². The first-order chi connectivity index (χ1) is 6.51. The topological polar surface area (TPSA) is 66.9 Å². The van der Waals surface area contributed by atoms with E-state index in [1.165, 1.54) is 6.08 Å². The molecule has 0 heterocycles. The number of hydrogen-bond donors (Lipinski definition) is 1. The first kappa shape index (κ1) is 12.2. The summed E-state index contributed by atoms with van der Waals surface area (Å²) in [5, 5.41) is 8.47. The van der Waals surface area contributed by atoms with Crippen LogP contribution in [0.1, 0.15) is 20.8 Å². The number of nitrogens with two attached hydrogens (primary N) is 1. The average Bonchev–Trinajstić information content (AvgIpc) is 2.14. The lowest BCUT2D eigenvalue weighted by Gasteiger charge is -1.96. The fourth-order valence-corrected chi connectivity index (χ4v) is 0.811. The molecule has 0 aliphatic carbocycles. The Balaban J connectivity index is 5.14. The van der Waals surface area contributed by atoms with E-state index in [0.29, 0.717) is 11.3 Å². The molecular weight excluding hydrogens is 176 g/mol. The normalized spacial score (nSPS) is 13.7. The largest absolute Gasteiger partial charge is 0.402 e. The summed E-state index contributed by atoms with van der Waals surface area (Å²) in [6.07, 6.45) is 4.99. The molecular formula is C11H14N2O. The molecule has 0 atom stereocenters. The second-order valence-electron chi connectivity index (χ2n) is 2.96. The molecule has 0 bridgehead atoms. The second-order valence-corrected chi connectivity index (χ2v) is 2.96. The van der Waals surface area contributed by atoms with E-state index >= 15 is 0 Å². The Morgan fingerprint density at radius 1 is 1.36 bits per heavy atom. The van der Waals surface area contributed by atoms with Crippen LogP contribution in [0.5, 0.6) is 0 Å². The molecule has 0 fully saturated rings. The van der Waals surface area contributed by atoms with Gasteiger partial charge in [0.05, 0.1) is 0 Å². The van der Waals surface area contributed by atoms with Crippen LogP contribution in [0.15, 0.2) is 35.1 Å². The first-order valence-electron chi connectivity index (χ1n) is 4.24. The molecule has 2 N–H and O–H groups in total. The van der Waals surface area contributed by atoms with Gasteiger partial charge in [-0.15, -0.1) is 0 Å². The molecule has 74 valence electrons. The Labute approximate surface area is 84.2 Å². The molecule has 3 heteroatoms.